The summed E-state index contributed by atoms with van der Waals surface area (Å²) in [4.78, 5) is 25.6. The Labute approximate surface area is 184 Å². The van der Waals surface area contributed by atoms with Crippen molar-refractivity contribution in [2.24, 2.45) is 10.8 Å². The zero-order valence-corrected chi connectivity index (χ0v) is 20.3. The zero-order chi connectivity index (χ0) is 23.7. The van der Waals surface area contributed by atoms with Crippen LogP contribution < -0.4 is 18.9 Å². The molecule has 170 valence electrons. The summed E-state index contributed by atoms with van der Waals surface area (Å²) in [5.41, 5.74) is 0.598. The zero-order valence-electron chi connectivity index (χ0n) is 20.3. The predicted octanol–water partition coefficient (Wildman–Crippen LogP) is 5.77. The first-order valence-electron chi connectivity index (χ1n) is 10.4. The Balaban J connectivity index is 2.89. The molecule has 0 atom stereocenters. The second-order valence-electron chi connectivity index (χ2n) is 9.47. The van der Waals surface area contributed by atoms with Crippen LogP contribution in [-0.4, -0.2) is 26.2 Å². The number of carbonyl (C=O) groups is 2. The van der Waals surface area contributed by atoms with E-state index in [1.54, 1.807) is 20.8 Å². The molecule has 0 spiro atoms. The molecule has 0 fully saturated rings. The number of hydrogen-bond donors (Lipinski definition) is 0. The molecule has 0 aliphatic carbocycles. The van der Waals surface area contributed by atoms with Crippen molar-refractivity contribution in [1.29, 1.82) is 0 Å². The minimum absolute atomic E-state index is 0.202. The second-order valence-corrected chi connectivity index (χ2v) is 9.47. The minimum Gasteiger partial charge on any atom is -0.490 e. The Bertz CT molecular complexity index is 1010. The fraction of sp³-hybridized carbons (Fsp3) is 0.520. The molecule has 2 aromatic rings. The third-order valence-electron chi connectivity index (χ3n) is 5.59. The molecule has 0 radical (unpaired) electrons. The fourth-order valence-corrected chi connectivity index (χ4v) is 2.84. The Morgan fingerprint density at radius 3 is 1.45 bits per heavy atom. The summed E-state index contributed by atoms with van der Waals surface area (Å²) in [6.45, 7) is 14.9. The van der Waals surface area contributed by atoms with Crippen LogP contribution >= 0.6 is 0 Å². The highest BCUT2D eigenvalue weighted by atomic mass is 16.6. The number of methoxy groups -OCH3 is 2. The van der Waals surface area contributed by atoms with Gasteiger partial charge in [-0.25, -0.2) is 0 Å². The van der Waals surface area contributed by atoms with Crippen molar-refractivity contribution in [1.82, 2.24) is 0 Å². The van der Waals surface area contributed by atoms with Crippen LogP contribution in [0.4, 0.5) is 0 Å². The Kier molecular flexibility index (Phi) is 6.94. The summed E-state index contributed by atoms with van der Waals surface area (Å²) in [6.07, 6.45) is 0.614. The van der Waals surface area contributed by atoms with Gasteiger partial charge in [0.05, 0.1) is 25.0 Å². The predicted molar refractivity (Wildman–Crippen MR) is 121 cm³/mol. The summed E-state index contributed by atoms with van der Waals surface area (Å²) in [5.74, 6) is 0.105. The first-order valence-corrected chi connectivity index (χ1v) is 10.4. The van der Waals surface area contributed by atoms with Gasteiger partial charge < -0.3 is 18.9 Å². The van der Waals surface area contributed by atoms with E-state index in [0.717, 1.165) is 11.1 Å². The lowest BCUT2D eigenvalue weighted by Crippen LogP contribution is -2.28. The maximum absolute atomic E-state index is 12.9. The highest BCUT2D eigenvalue weighted by Gasteiger charge is 2.33. The van der Waals surface area contributed by atoms with Gasteiger partial charge in [0.15, 0.2) is 11.5 Å². The molecule has 0 aromatic heterocycles. The lowest BCUT2D eigenvalue weighted by molar-refractivity contribution is -0.144. The van der Waals surface area contributed by atoms with Crippen LogP contribution in [0.1, 0.15) is 59.1 Å². The number of ether oxygens (including phenoxy) is 4. The SMILES string of the molecule is CCC(C)(C)C(=O)Oc1c(OC)c(OC)c(OC(=O)C(C)(C)C)c2cc(C)c(C)cc12. The Morgan fingerprint density at radius 1 is 0.742 bits per heavy atom. The summed E-state index contributed by atoms with van der Waals surface area (Å²) in [7, 11) is 2.92. The van der Waals surface area contributed by atoms with Gasteiger partial charge >= 0.3 is 11.9 Å². The third kappa shape index (κ3) is 4.78. The number of carbonyl (C=O) groups excluding carboxylic acids is 2. The van der Waals surface area contributed by atoms with E-state index in [1.165, 1.54) is 14.2 Å². The highest BCUT2D eigenvalue weighted by Crippen LogP contribution is 2.52. The number of aryl methyl sites for hydroxylation is 2. The average Bonchev–Trinajstić information content (AvgIpc) is 2.69. The van der Waals surface area contributed by atoms with Crippen molar-refractivity contribution in [3.8, 4) is 23.0 Å². The maximum atomic E-state index is 12.9. The van der Waals surface area contributed by atoms with E-state index in [0.29, 0.717) is 17.2 Å². The van der Waals surface area contributed by atoms with Crippen LogP contribution in [0, 0.1) is 24.7 Å². The number of hydrogen-bond acceptors (Lipinski definition) is 6. The first kappa shape index (κ1) is 24.5. The average molecular weight is 431 g/mol. The van der Waals surface area contributed by atoms with E-state index in [-0.39, 0.29) is 29.0 Å². The van der Waals surface area contributed by atoms with Crippen molar-refractivity contribution in [2.75, 3.05) is 14.2 Å². The van der Waals surface area contributed by atoms with Crippen LogP contribution in [0.15, 0.2) is 12.1 Å². The van der Waals surface area contributed by atoms with Gasteiger partial charge in [-0.15, -0.1) is 0 Å². The molecule has 0 heterocycles. The van der Waals surface area contributed by atoms with Gasteiger partial charge in [-0.1, -0.05) is 6.92 Å². The number of rotatable bonds is 6. The topological polar surface area (TPSA) is 71.1 Å². The Morgan fingerprint density at radius 2 is 1.13 bits per heavy atom. The van der Waals surface area contributed by atoms with Crippen LogP contribution in [0.25, 0.3) is 10.8 Å². The third-order valence-corrected chi connectivity index (χ3v) is 5.59. The van der Waals surface area contributed by atoms with E-state index in [2.05, 4.69) is 0 Å². The molecule has 2 rings (SSSR count). The molecule has 2 aromatic carbocycles. The molecule has 0 saturated heterocycles. The highest BCUT2D eigenvalue weighted by molar-refractivity contribution is 6.02. The largest absolute Gasteiger partial charge is 0.490 e. The molecule has 0 unspecified atom stereocenters. The van der Waals surface area contributed by atoms with Crippen LogP contribution in [-0.2, 0) is 9.59 Å². The van der Waals surface area contributed by atoms with E-state index >= 15 is 0 Å². The first-order chi connectivity index (χ1) is 14.3. The lowest BCUT2D eigenvalue weighted by atomic mass is 9.90. The van der Waals surface area contributed by atoms with E-state index in [1.807, 2.05) is 46.8 Å². The van der Waals surface area contributed by atoms with E-state index < -0.39 is 16.8 Å². The number of esters is 2. The molecule has 6 heteroatoms. The summed E-state index contributed by atoms with van der Waals surface area (Å²) >= 11 is 0. The molecule has 0 aliphatic heterocycles. The van der Waals surface area contributed by atoms with Gasteiger partial charge in [0.25, 0.3) is 0 Å². The van der Waals surface area contributed by atoms with Gasteiger partial charge in [0, 0.05) is 10.8 Å². The summed E-state index contributed by atoms with van der Waals surface area (Å²) < 4.78 is 22.9. The normalized spacial score (nSPS) is 11.9. The fourth-order valence-electron chi connectivity index (χ4n) is 2.84. The van der Waals surface area contributed by atoms with Crippen molar-refractivity contribution >= 4 is 22.7 Å². The van der Waals surface area contributed by atoms with Crippen LogP contribution in [0.3, 0.4) is 0 Å². The monoisotopic (exact) mass is 430 g/mol. The van der Waals surface area contributed by atoms with Gasteiger partial charge in [-0.3, -0.25) is 9.59 Å². The number of fused-ring (bicyclic) bond motifs is 1. The van der Waals surface area contributed by atoms with Crippen molar-refractivity contribution in [3.05, 3.63) is 23.3 Å². The molecule has 0 saturated carbocycles. The van der Waals surface area contributed by atoms with E-state index in [4.69, 9.17) is 18.9 Å². The van der Waals surface area contributed by atoms with Gasteiger partial charge in [0.1, 0.15) is 0 Å². The van der Waals surface area contributed by atoms with Crippen molar-refractivity contribution in [3.63, 3.8) is 0 Å². The molecule has 6 nitrogen and oxygen atoms in total. The molecule has 0 aliphatic rings. The van der Waals surface area contributed by atoms with Gasteiger partial charge in [0.2, 0.25) is 11.5 Å². The molecule has 31 heavy (non-hydrogen) atoms. The maximum Gasteiger partial charge on any atom is 0.317 e. The van der Waals surface area contributed by atoms with Crippen molar-refractivity contribution in [2.45, 2.75) is 61.8 Å². The molecule has 0 N–H and O–H groups in total. The molecule has 0 amide bonds. The molecule has 0 bridgehead atoms. The quantitative estimate of drug-likeness (QED) is 0.428. The van der Waals surface area contributed by atoms with Crippen LogP contribution in [0.2, 0.25) is 0 Å². The smallest absolute Gasteiger partial charge is 0.317 e. The van der Waals surface area contributed by atoms with Crippen LogP contribution in [0.5, 0.6) is 23.0 Å². The minimum atomic E-state index is -0.722. The van der Waals surface area contributed by atoms with Crippen molar-refractivity contribution < 1.29 is 28.5 Å². The standard InChI is InChI=1S/C25H34O6/c1-11-25(7,8)23(27)31-19-17-13-15(3)14(2)12-16(17)18(20(28-9)21(19)29-10)30-22(26)24(4,5)6/h12-13H,11H2,1-10H3. The van der Waals surface area contributed by atoms with Gasteiger partial charge in [-0.2, -0.15) is 0 Å². The summed E-state index contributed by atoms with van der Waals surface area (Å²) in [6, 6.07) is 3.81. The molecular formula is C25H34O6. The Hall–Kier alpha value is -2.76. The second kappa shape index (κ2) is 8.77. The van der Waals surface area contributed by atoms with E-state index in [9.17, 15) is 9.59 Å². The summed E-state index contributed by atoms with van der Waals surface area (Å²) in [5, 5.41) is 1.22. The number of benzene rings is 2. The molecular weight excluding hydrogens is 396 g/mol. The lowest BCUT2D eigenvalue weighted by Gasteiger charge is -2.25. The van der Waals surface area contributed by atoms with Gasteiger partial charge in [-0.05, 0) is 78.1 Å².